The molecule has 3 aliphatic rings. The second-order valence-corrected chi connectivity index (χ2v) is 10.9. The molecule has 0 aliphatic carbocycles. The first-order valence-corrected chi connectivity index (χ1v) is 14.2. The molecule has 0 bridgehead atoms. The summed E-state index contributed by atoms with van der Waals surface area (Å²) in [6.45, 7) is 0. The number of hydroxylamine groups is 4. The Morgan fingerprint density at radius 2 is 1.22 bits per heavy atom. The molecule has 1 spiro atoms. The molecule has 2 amide bonds. The number of quaternary nitrogens is 1. The van der Waals surface area contributed by atoms with Gasteiger partial charge in [0.25, 0.3) is 0 Å². The minimum absolute atomic E-state index is 0.119. The van der Waals surface area contributed by atoms with Crippen molar-refractivity contribution in [2.75, 3.05) is 0 Å². The van der Waals surface area contributed by atoms with Crippen molar-refractivity contribution >= 4 is 34.5 Å². The van der Waals surface area contributed by atoms with Gasteiger partial charge in [-0.1, -0.05) is 60.7 Å². The summed E-state index contributed by atoms with van der Waals surface area (Å²) in [6.07, 6.45) is -0.595. The zero-order valence-electron chi connectivity index (χ0n) is 23.9. The maximum Gasteiger partial charge on any atom is 0.404 e. The SMILES string of the molecule is O=C(O[N+]1(O)C(=O)CCC1=O)c1cccc2c1C(=O)OC21c2ccc(O)cc2Oc2cc(O)ccc21.c1ccc2ccccc2c1. The number of benzene rings is 5. The van der Waals surface area contributed by atoms with E-state index in [9.17, 15) is 34.6 Å². The smallest absolute Gasteiger partial charge is 0.404 e. The standard InChI is InChI=1S/C25H15NO10.C10H8/c27-12-4-6-15-18(10-12)34-19-11-13(28)5-7-16(19)25(15)17-3-1-2-14(22(17)24(32)35-25)23(31)36-26(33)20(29)8-9-21(26)30;1-2-6-10-8-4-3-7-9(10)5-1/h1-7,10-11,33H,8-9H2,(H-,27,28);1-8H/p+1. The van der Waals surface area contributed by atoms with Gasteiger partial charge in [0, 0.05) is 28.8 Å². The number of phenols is 2. The Kier molecular flexibility index (Phi) is 6.58. The predicted molar refractivity (Wildman–Crippen MR) is 159 cm³/mol. The van der Waals surface area contributed by atoms with Gasteiger partial charge < -0.3 is 19.7 Å². The summed E-state index contributed by atoms with van der Waals surface area (Å²) in [7, 11) is 0. The van der Waals surface area contributed by atoms with Crippen LogP contribution in [0.4, 0.5) is 0 Å². The number of amides is 2. The number of imide groups is 1. The molecule has 8 rings (SSSR count). The third-order valence-corrected chi connectivity index (χ3v) is 8.13. The highest BCUT2D eigenvalue weighted by atomic mass is 17.0. The summed E-state index contributed by atoms with van der Waals surface area (Å²) >= 11 is 0. The summed E-state index contributed by atoms with van der Waals surface area (Å²) < 4.78 is 11.8. The second-order valence-electron chi connectivity index (χ2n) is 10.9. The molecular weight excluding hydrogens is 594 g/mol. The van der Waals surface area contributed by atoms with Crippen molar-refractivity contribution in [3.8, 4) is 23.0 Å². The van der Waals surface area contributed by atoms with Gasteiger partial charge in [-0.25, -0.2) is 24.0 Å². The molecule has 0 atom stereocenters. The fraction of sp³-hybridized carbons (Fsp3) is 0.0857. The van der Waals surface area contributed by atoms with E-state index in [4.69, 9.17) is 14.3 Å². The van der Waals surface area contributed by atoms with Crippen LogP contribution in [0.5, 0.6) is 23.0 Å². The average Bonchev–Trinajstić information content (AvgIpc) is 3.48. The molecule has 3 aliphatic heterocycles. The Labute approximate surface area is 260 Å². The van der Waals surface area contributed by atoms with Crippen molar-refractivity contribution in [1.29, 1.82) is 0 Å². The number of ether oxygens (including phenoxy) is 2. The number of fused-ring (bicyclic) bond motifs is 7. The van der Waals surface area contributed by atoms with E-state index < -0.39 is 34.2 Å². The maximum absolute atomic E-state index is 13.3. The largest absolute Gasteiger partial charge is 0.508 e. The average molecular weight is 619 g/mol. The van der Waals surface area contributed by atoms with Crippen LogP contribution < -0.4 is 4.74 Å². The third-order valence-electron chi connectivity index (χ3n) is 8.13. The number of hydrogen-bond donors (Lipinski definition) is 3. The van der Waals surface area contributed by atoms with Crippen LogP contribution in [0.1, 0.15) is 50.2 Å². The van der Waals surface area contributed by atoms with Gasteiger partial charge in [0.05, 0.1) is 24.0 Å². The fourth-order valence-corrected chi connectivity index (χ4v) is 5.98. The Hall–Kier alpha value is -6.04. The normalized spacial score (nSPS) is 16.4. The van der Waals surface area contributed by atoms with Crippen LogP contribution in [0.3, 0.4) is 0 Å². The second kappa shape index (κ2) is 10.5. The highest BCUT2D eigenvalue weighted by Crippen LogP contribution is 2.57. The van der Waals surface area contributed by atoms with E-state index >= 15 is 0 Å². The van der Waals surface area contributed by atoms with Crippen LogP contribution >= 0.6 is 0 Å². The van der Waals surface area contributed by atoms with Crippen molar-refractivity contribution in [3.05, 3.63) is 131 Å². The van der Waals surface area contributed by atoms with Gasteiger partial charge in [-0.05, 0) is 41.1 Å². The number of carbonyl (C=O) groups is 4. The number of carbonyl (C=O) groups excluding carboxylic acids is 4. The molecule has 46 heavy (non-hydrogen) atoms. The lowest BCUT2D eigenvalue weighted by molar-refractivity contribution is -1.12. The number of nitrogens with zero attached hydrogens (tertiary/aromatic N) is 1. The molecule has 0 unspecified atom stereocenters. The summed E-state index contributed by atoms with van der Waals surface area (Å²) in [6, 6.07) is 29.4. The van der Waals surface area contributed by atoms with Gasteiger partial charge >= 0.3 is 23.8 Å². The van der Waals surface area contributed by atoms with Crippen molar-refractivity contribution in [1.82, 2.24) is 0 Å². The van der Waals surface area contributed by atoms with E-state index in [0.29, 0.717) is 11.1 Å². The number of hydrogen-bond acceptors (Lipinski definition) is 10. The van der Waals surface area contributed by atoms with Crippen molar-refractivity contribution in [2.45, 2.75) is 18.4 Å². The quantitative estimate of drug-likeness (QED) is 0.0980. The van der Waals surface area contributed by atoms with Gasteiger partial charge in [-0.2, -0.15) is 5.21 Å². The van der Waals surface area contributed by atoms with Crippen LogP contribution in [0, 0.1) is 0 Å². The predicted octanol–water partition coefficient (Wildman–Crippen LogP) is 5.63. The van der Waals surface area contributed by atoms with Crippen molar-refractivity contribution in [3.63, 3.8) is 0 Å². The monoisotopic (exact) mass is 618 g/mol. The van der Waals surface area contributed by atoms with Crippen molar-refractivity contribution < 1.29 is 53.7 Å². The summed E-state index contributed by atoms with van der Waals surface area (Å²) in [4.78, 5) is 53.1. The molecule has 3 N–H and O–H groups in total. The van der Waals surface area contributed by atoms with E-state index in [1.165, 1.54) is 59.3 Å². The number of rotatable bonds is 2. The zero-order chi connectivity index (χ0) is 32.2. The van der Waals surface area contributed by atoms with Gasteiger partial charge in [0.1, 0.15) is 27.8 Å². The van der Waals surface area contributed by atoms with Crippen LogP contribution in [-0.4, -0.2) is 44.0 Å². The molecule has 5 aromatic rings. The van der Waals surface area contributed by atoms with E-state index in [1.807, 2.05) is 0 Å². The number of esters is 1. The molecule has 11 nitrogen and oxygen atoms in total. The van der Waals surface area contributed by atoms with Gasteiger partial charge in [0.15, 0.2) is 5.60 Å². The summed E-state index contributed by atoms with van der Waals surface area (Å²) in [5.74, 6) is -4.15. The molecule has 0 saturated carbocycles. The molecule has 3 heterocycles. The molecule has 1 saturated heterocycles. The molecular formula is C35H24NO10+. The van der Waals surface area contributed by atoms with E-state index in [0.717, 1.165) is 0 Å². The topological polar surface area (TPSA) is 157 Å². The molecule has 0 aromatic heterocycles. The summed E-state index contributed by atoms with van der Waals surface area (Å²) in [5.41, 5.74) is -1.27. The third kappa shape index (κ3) is 4.37. The Balaban J connectivity index is 0.000000286. The Morgan fingerprint density at radius 3 is 1.74 bits per heavy atom. The zero-order valence-corrected chi connectivity index (χ0v) is 23.9. The number of aromatic hydroxyl groups is 2. The van der Waals surface area contributed by atoms with Gasteiger partial charge in [-0.3, -0.25) is 0 Å². The highest BCUT2D eigenvalue weighted by Gasteiger charge is 2.58. The minimum atomic E-state index is -2.14. The lowest BCUT2D eigenvalue weighted by Crippen LogP contribution is -2.50. The summed E-state index contributed by atoms with van der Waals surface area (Å²) in [5, 5.41) is 33.0. The number of phenolic OH excluding ortho intramolecular Hbond substituents is 2. The van der Waals surface area contributed by atoms with Crippen LogP contribution in [0.25, 0.3) is 10.8 Å². The first kappa shape index (κ1) is 28.7. The van der Waals surface area contributed by atoms with E-state index in [1.54, 1.807) is 6.07 Å². The first-order chi connectivity index (χ1) is 22.1. The lowest BCUT2D eigenvalue weighted by atomic mass is 9.77. The van der Waals surface area contributed by atoms with Gasteiger partial charge in [-0.15, -0.1) is 0 Å². The Bertz CT molecular complexity index is 1990. The first-order valence-electron chi connectivity index (χ1n) is 14.2. The van der Waals surface area contributed by atoms with Crippen LogP contribution in [0.2, 0.25) is 0 Å². The van der Waals surface area contributed by atoms with Crippen LogP contribution in [-0.2, 0) is 24.8 Å². The van der Waals surface area contributed by atoms with E-state index in [-0.39, 0.29) is 52.5 Å². The molecule has 11 heteroatoms. The highest BCUT2D eigenvalue weighted by molar-refractivity contribution is 6.07. The Morgan fingerprint density at radius 1 is 0.696 bits per heavy atom. The van der Waals surface area contributed by atoms with E-state index in [2.05, 4.69) is 48.5 Å². The van der Waals surface area contributed by atoms with Crippen molar-refractivity contribution in [2.24, 2.45) is 0 Å². The minimum Gasteiger partial charge on any atom is -0.508 e. The molecule has 5 aromatic carbocycles. The molecule has 1 fully saturated rings. The molecule has 0 radical (unpaired) electrons. The van der Waals surface area contributed by atoms with Crippen LogP contribution in [0.15, 0.2) is 103 Å². The lowest BCUT2D eigenvalue weighted by Gasteiger charge is -2.36. The maximum atomic E-state index is 13.3. The fourth-order valence-electron chi connectivity index (χ4n) is 5.98. The van der Waals surface area contributed by atoms with Gasteiger partial charge in [0.2, 0.25) is 0 Å². The molecule has 228 valence electrons.